The van der Waals surface area contributed by atoms with Gasteiger partial charge in [-0.3, -0.25) is 0 Å². The van der Waals surface area contributed by atoms with E-state index >= 15 is 0 Å². The molecule has 2 atom stereocenters. The lowest BCUT2D eigenvalue weighted by atomic mass is 10.2. The van der Waals surface area contributed by atoms with Gasteiger partial charge in [0.25, 0.3) is 0 Å². The number of hydrogen-bond donors (Lipinski definition) is 1. The Morgan fingerprint density at radius 2 is 2.05 bits per heavy atom. The molecular weight excluding hydrogens is 264 g/mol. The number of aryl methyl sites for hydroxylation is 1. The average molecular weight is 284 g/mol. The van der Waals surface area contributed by atoms with Crippen LogP contribution < -0.4 is 5.73 Å². The highest BCUT2D eigenvalue weighted by Gasteiger charge is 2.34. The predicted octanol–water partition coefficient (Wildman–Crippen LogP) is 1.38. The highest BCUT2D eigenvalue weighted by Crippen LogP contribution is 2.24. The van der Waals surface area contributed by atoms with Crippen molar-refractivity contribution >= 4 is 15.7 Å². The molecular formula is C13H20N2O3S. The maximum Gasteiger partial charge on any atom is 0.243 e. The SMILES string of the molecule is Cc1cc(S(=O)(=O)N2CC(C)OCC2C)ccc1N. The summed E-state index contributed by atoms with van der Waals surface area (Å²) in [4.78, 5) is 0.292. The molecule has 0 radical (unpaired) electrons. The molecule has 0 aromatic heterocycles. The lowest BCUT2D eigenvalue weighted by molar-refractivity contribution is -0.0170. The molecule has 0 amide bonds. The standard InChI is InChI=1S/C13H20N2O3S/c1-9-6-12(4-5-13(9)14)19(16,17)15-7-11(3)18-8-10(15)2/h4-6,10-11H,7-8,14H2,1-3H3. The van der Waals surface area contributed by atoms with Crippen LogP contribution in [0.15, 0.2) is 23.1 Å². The smallest absolute Gasteiger partial charge is 0.243 e. The van der Waals surface area contributed by atoms with Gasteiger partial charge in [0.15, 0.2) is 0 Å². The number of nitrogen functional groups attached to an aromatic ring is 1. The Bertz CT molecular complexity index is 571. The summed E-state index contributed by atoms with van der Waals surface area (Å²) < 4.78 is 32.2. The largest absolute Gasteiger partial charge is 0.399 e. The number of sulfonamides is 1. The third kappa shape index (κ3) is 2.75. The van der Waals surface area contributed by atoms with Crippen molar-refractivity contribution in [1.29, 1.82) is 0 Å². The third-order valence-electron chi connectivity index (χ3n) is 3.40. The molecule has 1 aromatic carbocycles. The Kier molecular flexibility index (Phi) is 3.85. The second-order valence-corrected chi connectivity index (χ2v) is 6.98. The number of anilines is 1. The molecule has 1 aliphatic heterocycles. The Hall–Kier alpha value is -1.11. The number of morpholine rings is 1. The summed E-state index contributed by atoms with van der Waals surface area (Å²) in [6.07, 6.45) is -0.0825. The third-order valence-corrected chi connectivity index (χ3v) is 5.37. The topological polar surface area (TPSA) is 72.6 Å². The van der Waals surface area contributed by atoms with Gasteiger partial charge in [0.2, 0.25) is 10.0 Å². The van der Waals surface area contributed by atoms with Crippen LogP contribution in [0.2, 0.25) is 0 Å². The molecule has 0 aliphatic carbocycles. The van der Waals surface area contributed by atoms with Crippen LogP contribution in [0.4, 0.5) is 5.69 Å². The first-order valence-corrected chi connectivity index (χ1v) is 7.76. The van der Waals surface area contributed by atoms with Crippen LogP contribution in [0, 0.1) is 6.92 Å². The van der Waals surface area contributed by atoms with Crippen LogP contribution in [-0.4, -0.2) is 38.0 Å². The van der Waals surface area contributed by atoms with Gasteiger partial charge in [-0.2, -0.15) is 4.31 Å². The summed E-state index contributed by atoms with van der Waals surface area (Å²) in [5.74, 6) is 0. The van der Waals surface area contributed by atoms with E-state index in [2.05, 4.69) is 0 Å². The number of nitrogens with two attached hydrogens (primary N) is 1. The summed E-state index contributed by atoms with van der Waals surface area (Å²) in [5, 5.41) is 0. The van der Waals surface area contributed by atoms with Gasteiger partial charge < -0.3 is 10.5 Å². The molecule has 6 heteroatoms. The first-order valence-electron chi connectivity index (χ1n) is 6.32. The van der Waals surface area contributed by atoms with E-state index in [9.17, 15) is 8.42 Å². The minimum atomic E-state index is -3.49. The average Bonchev–Trinajstić information content (AvgIpc) is 2.35. The molecule has 2 unspecified atom stereocenters. The van der Waals surface area contributed by atoms with Gasteiger partial charge in [-0.25, -0.2) is 8.42 Å². The maximum atomic E-state index is 12.6. The van der Waals surface area contributed by atoms with Crippen molar-refractivity contribution in [3.05, 3.63) is 23.8 Å². The van der Waals surface area contributed by atoms with Crippen LogP contribution in [0.5, 0.6) is 0 Å². The Morgan fingerprint density at radius 3 is 2.68 bits per heavy atom. The summed E-state index contributed by atoms with van der Waals surface area (Å²) >= 11 is 0. The van der Waals surface area contributed by atoms with Crippen molar-refractivity contribution in [2.75, 3.05) is 18.9 Å². The van der Waals surface area contributed by atoms with Crippen LogP contribution in [0.1, 0.15) is 19.4 Å². The van der Waals surface area contributed by atoms with E-state index < -0.39 is 10.0 Å². The van der Waals surface area contributed by atoms with Gasteiger partial charge >= 0.3 is 0 Å². The molecule has 19 heavy (non-hydrogen) atoms. The van der Waals surface area contributed by atoms with Crippen molar-refractivity contribution < 1.29 is 13.2 Å². The maximum absolute atomic E-state index is 12.6. The molecule has 1 aromatic rings. The quantitative estimate of drug-likeness (QED) is 0.833. The summed E-state index contributed by atoms with van der Waals surface area (Å²) in [7, 11) is -3.49. The molecule has 2 rings (SSSR count). The lowest BCUT2D eigenvalue weighted by Gasteiger charge is -2.35. The molecule has 1 saturated heterocycles. The Morgan fingerprint density at radius 1 is 1.37 bits per heavy atom. The van der Waals surface area contributed by atoms with E-state index in [4.69, 9.17) is 10.5 Å². The van der Waals surface area contributed by atoms with Crippen LogP contribution >= 0.6 is 0 Å². The van der Waals surface area contributed by atoms with Crippen molar-refractivity contribution in [2.24, 2.45) is 0 Å². The highest BCUT2D eigenvalue weighted by molar-refractivity contribution is 7.89. The molecule has 1 fully saturated rings. The van der Waals surface area contributed by atoms with E-state index in [0.29, 0.717) is 23.7 Å². The normalized spacial score (nSPS) is 25.4. The first-order chi connectivity index (χ1) is 8.82. The Labute approximate surface area is 114 Å². The van der Waals surface area contributed by atoms with Crippen molar-refractivity contribution in [3.63, 3.8) is 0 Å². The zero-order chi connectivity index (χ0) is 14.2. The first kappa shape index (κ1) is 14.3. The second-order valence-electron chi connectivity index (χ2n) is 5.09. The zero-order valence-electron chi connectivity index (χ0n) is 11.5. The van der Waals surface area contributed by atoms with Crippen molar-refractivity contribution in [2.45, 2.75) is 37.8 Å². The molecule has 1 aliphatic rings. The number of nitrogens with zero attached hydrogens (tertiary/aromatic N) is 1. The number of rotatable bonds is 2. The minimum Gasteiger partial charge on any atom is -0.399 e. The van der Waals surface area contributed by atoms with Crippen molar-refractivity contribution in [3.8, 4) is 0 Å². The highest BCUT2D eigenvalue weighted by atomic mass is 32.2. The number of ether oxygens (including phenoxy) is 1. The molecule has 1 heterocycles. The number of benzene rings is 1. The van der Waals surface area contributed by atoms with E-state index in [1.807, 2.05) is 13.8 Å². The molecule has 5 nitrogen and oxygen atoms in total. The van der Waals surface area contributed by atoms with E-state index in [1.54, 1.807) is 25.1 Å². The molecule has 2 N–H and O–H groups in total. The van der Waals surface area contributed by atoms with Crippen molar-refractivity contribution in [1.82, 2.24) is 4.31 Å². The minimum absolute atomic E-state index is 0.0825. The molecule has 0 bridgehead atoms. The van der Waals surface area contributed by atoms with Crippen LogP contribution in [0.25, 0.3) is 0 Å². The van der Waals surface area contributed by atoms with Gasteiger partial charge in [-0.15, -0.1) is 0 Å². The monoisotopic (exact) mass is 284 g/mol. The molecule has 0 saturated carbocycles. The fourth-order valence-electron chi connectivity index (χ4n) is 2.15. The summed E-state index contributed by atoms with van der Waals surface area (Å²) in [5.41, 5.74) is 7.10. The van der Waals surface area contributed by atoms with Crippen LogP contribution in [-0.2, 0) is 14.8 Å². The van der Waals surface area contributed by atoms with Gasteiger partial charge in [0.1, 0.15) is 0 Å². The van der Waals surface area contributed by atoms with Gasteiger partial charge in [0, 0.05) is 18.3 Å². The molecule has 0 spiro atoms. The zero-order valence-corrected chi connectivity index (χ0v) is 12.3. The fourth-order valence-corrected chi connectivity index (χ4v) is 3.93. The van der Waals surface area contributed by atoms with Gasteiger partial charge in [-0.1, -0.05) is 0 Å². The summed E-state index contributed by atoms with van der Waals surface area (Å²) in [6.45, 7) is 6.34. The summed E-state index contributed by atoms with van der Waals surface area (Å²) in [6, 6.07) is 4.66. The van der Waals surface area contributed by atoms with Crippen LogP contribution in [0.3, 0.4) is 0 Å². The van der Waals surface area contributed by atoms with E-state index in [-0.39, 0.29) is 12.1 Å². The molecule has 106 valence electrons. The van der Waals surface area contributed by atoms with Gasteiger partial charge in [0.05, 0.1) is 17.6 Å². The predicted molar refractivity (Wildman–Crippen MR) is 74.4 cm³/mol. The van der Waals surface area contributed by atoms with E-state index in [0.717, 1.165) is 5.56 Å². The van der Waals surface area contributed by atoms with Gasteiger partial charge in [-0.05, 0) is 44.5 Å². The van der Waals surface area contributed by atoms with E-state index in [1.165, 1.54) is 4.31 Å². The second kappa shape index (κ2) is 5.11. The number of hydrogen-bond acceptors (Lipinski definition) is 4. The Balaban J connectivity index is 2.38. The lowest BCUT2D eigenvalue weighted by Crippen LogP contribution is -2.50. The fraction of sp³-hybridized carbons (Fsp3) is 0.538.